The number of thioether (sulfide) groups is 1. The summed E-state index contributed by atoms with van der Waals surface area (Å²) >= 11 is 1.31. The first kappa shape index (κ1) is 15.4. The third-order valence-electron chi connectivity index (χ3n) is 3.02. The van der Waals surface area contributed by atoms with Crippen molar-refractivity contribution in [1.29, 1.82) is 0 Å². The molecule has 3 heteroatoms. The Hall–Kier alpha value is -2.00. The molecule has 0 bridgehead atoms. The summed E-state index contributed by atoms with van der Waals surface area (Å²) in [7, 11) is 1.68. The van der Waals surface area contributed by atoms with Crippen LogP contribution in [-0.4, -0.2) is 18.0 Å². The number of hydrogen-bond donors (Lipinski definition) is 0. The van der Waals surface area contributed by atoms with Crippen LogP contribution in [0.3, 0.4) is 0 Å². The van der Waals surface area contributed by atoms with Crippen LogP contribution >= 0.6 is 11.8 Å². The first-order valence-electron chi connectivity index (χ1n) is 6.74. The molecule has 0 aliphatic carbocycles. The maximum Gasteiger partial charge on any atom is 0.186 e. The summed E-state index contributed by atoms with van der Waals surface area (Å²) < 4.78 is 5.38. The number of para-hydroxylation sites is 1. The van der Waals surface area contributed by atoms with E-state index in [9.17, 15) is 4.79 Å². The Kier molecular flexibility index (Phi) is 5.64. The van der Waals surface area contributed by atoms with E-state index in [0.29, 0.717) is 5.75 Å². The summed E-state index contributed by atoms with van der Waals surface area (Å²) in [6, 6.07) is 16.3. The normalized spacial score (nSPS) is 10.8. The van der Waals surface area contributed by atoms with Crippen molar-refractivity contribution in [3.63, 3.8) is 0 Å². The Balaban J connectivity index is 2.10. The number of methoxy groups -OCH3 is 1. The molecule has 0 fully saturated rings. The van der Waals surface area contributed by atoms with Crippen LogP contribution in [0, 0.1) is 0 Å². The second kappa shape index (κ2) is 7.70. The lowest BCUT2D eigenvalue weighted by Gasteiger charge is -2.08. The lowest BCUT2D eigenvalue weighted by molar-refractivity contribution is -0.109. The molecule has 0 aromatic heterocycles. The van der Waals surface area contributed by atoms with Crippen molar-refractivity contribution >= 4 is 23.0 Å². The molecule has 0 radical (unpaired) electrons. The van der Waals surface area contributed by atoms with Gasteiger partial charge in [0.2, 0.25) is 0 Å². The topological polar surface area (TPSA) is 26.3 Å². The maximum atomic E-state index is 10.8. The lowest BCUT2D eigenvalue weighted by atomic mass is 10.0. The van der Waals surface area contributed by atoms with E-state index in [-0.39, 0.29) is 5.12 Å². The number of carbonyl (C=O) groups is 1. The molecular weight excluding hydrogens is 280 g/mol. The van der Waals surface area contributed by atoms with Crippen molar-refractivity contribution in [2.24, 2.45) is 0 Å². The van der Waals surface area contributed by atoms with Crippen molar-refractivity contribution in [2.75, 3.05) is 12.9 Å². The first-order valence-corrected chi connectivity index (χ1v) is 7.72. The van der Waals surface area contributed by atoms with Crippen molar-refractivity contribution in [3.8, 4) is 16.9 Å². The van der Waals surface area contributed by atoms with Crippen LogP contribution in [0.1, 0.15) is 12.5 Å². The predicted molar refractivity (Wildman–Crippen MR) is 90.6 cm³/mol. The molecule has 2 aromatic carbocycles. The first-order chi connectivity index (χ1) is 10.2. The average Bonchev–Trinajstić information content (AvgIpc) is 2.52. The minimum absolute atomic E-state index is 0.145. The van der Waals surface area contributed by atoms with Crippen LogP contribution < -0.4 is 4.74 Å². The Labute approximate surface area is 129 Å². The van der Waals surface area contributed by atoms with Gasteiger partial charge in [0.1, 0.15) is 5.75 Å². The zero-order valence-corrected chi connectivity index (χ0v) is 13.0. The fourth-order valence-electron chi connectivity index (χ4n) is 2.01. The van der Waals surface area contributed by atoms with Gasteiger partial charge in [-0.15, -0.1) is 0 Å². The second-order valence-electron chi connectivity index (χ2n) is 4.53. The van der Waals surface area contributed by atoms with Crippen molar-refractivity contribution in [2.45, 2.75) is 6.92 Å². The Morgan fingerprint density at radius 1 is 1.14 bits per heavy atom. The fraction of sp³-hybridized carbons (Fsp3) is 0.167. The fourth-order valence-corrected chi connectivity index (χ4v) is 2.43. The number of benzene rings is 2. The van der Waals surface area contributed by atoms with Gasteiger partial charge >= 0.3 is 0 Å². The largest absolute Gasteiger partial charge is 0.496 e. The molecule has 0 aliphatic rings. The summed E-state index contributed by atoms with van der Waals surface area (Å²) in [6.45, 7) is 1.58. The molecule has 0 aliphatic heterocycles. The summed E-state index contributed by atoms with van der Waals surface area (Å²) in [5.74, 6) is 1.59. The molecule has 2 rings (SSSR count). The van der Waals surface area contributed by atoms with Crippen LogP contribution in [-0.2, 0) is 4.79 Å². The number of ether oxygens (including phenoxy) is 1. The van der Waals surface area contributed by atoms with Crippen LogP contribution in [0.2, 0.25) is 0 Å². The minimum Gasteiger partial charge on any atom is -0.496 e. The van der Waals surface area contributed by atoms with Crippen LogP contribution in [0.25, 0.3) is 17.2 Å². The van der Waals surface area contributed by atoms with Crippen LogP contribution in [0.5, 0.6) is 5.75 Å². The summed E-state index contributed by atoms with van der Waals surface area (Å²) in [5.41, 5.74) is 3.34. The SMILES string of the molecule is COc1ccccc1-c1ccc(C=CCSC(C)=O)cc1. The molecular formula is C18H18O2S. The highest BCUT2D eigenvalue weighted by Crippen LogP contribution is 2.29. The van der Waals surface area contributed by atoms with Gasteiger partial charge in [0, 0.05) is 18.2 Å². The van der Waals surface area contributed by atoms with Gasteiger partial charge in [0.25, 0.3) is 0 Å². The third kappa shape index (κ3) is 4.50. The molecule has 0 spiro atoms. The highest BCUT2D eigenvalue weighted by Gasteiger charge is 2.03. The summed E-state index contributed by atoms with van der Waals surface area (Å²) in [5, 5.41) is 0.145. The van der Waals surface area contributed by atoms with Crippen molar-refractivity contribution in [1.82, 2.24) is 0 Å². The highest BCUT2D eigenvalue weighted by atomic mass is 32.2. The van der Waals surface area contributed by atoms with Gasteiger partial charge in [-0.25, -0.2) is 0 Å². The molecule has 0 N–H and O–H groups in total. The summed E-state index contributed by atoms with van der Waals surface area (Å²) in [4.78, 5) is 10.8. The quantitative estimate of drug-likeness (QED) is 0.803. The number of rotatable bonds is 5. The van der Waals surface area contributed by atoms with Gasteiger partial charge in [-0.2, -0.15) is 0 Å². The van der Waals surface area contributed by atoms with E-state index >= 15 is 0 Å². The Bertz CT molecular complexity index is 630. The van der Waals surface area contributed by atoms with E-state index in [1.165, 1.54) is 11.8 Å². The molecule has 2 aromatic rings. The van der Waals surface area contributed by atoms with Gasteiger partial charge in [0.15, 0.2) is 5.12 Å². The predicted octanol–water partition coefficient (Wildman–Crippen LogP) is 4.66. The van der Waals surface area contributed by atoms with Gasteiger partial charge in [-0.3, -0.25) is 4.79 Å². The van der Waals surface area contributed by atoms with Crippen molar-refractivity contribution < 1.29 is 9.53 Å². The standard InChI is InChI=1S/C18H18O2S/c1-14(19)21-13-5-6-15-9-11-16(12-10-15)17-7-3-4-8-18(17)20-2/h3-12H,13H2,1-2H3. The molecule has 0 atom stereocenters. The van der Waals surface area contributed by atoms with E-state index in [2.05, 4.69) is 24.3 Å². The second-order valence-corrected chi connectivity index (χ2v) is 5.72. The van der Waals surface area contributed by atoms with E-state index in [1.807, 2.05) is 36.4 Å². The average molecular weight is 298 g/mol. The molecule has 0 amide bonds. The molecule has 108 valence electrons. The van der Waals surface area contributed by atoms with E-state index < -0.39 is 0 Å². The van der Waals surface area contributed by atoms with Crippen LogP contribution in [0.4, 0.5) is 0 Å². The van der Waals surface area contributed by atoms with E-state index in [1.54, 1.807) is 14.0 Å². The number of hydrogen-bond acceptors (Lipinski definition) is 3. The van der Waals surface area contributed by atoms with Gasteiger partial charge < -0.3 is 4.74 Å². The molecule has 0 unspecified atom stereocenters. The molecule has 0 saturated heterocycles. The third-order valence-corrected chi connectivity index (χ3v) is 3.79. The zero-order valence-electron chi connectivity index (χ0n) is 12.2. The lowest BCUT2D eigenvalue weighted by Crippen LogP contribution is -1.87. The number of carbonyl (C=O) groups excluding carboxylic acids is 1. The van der Waals surface area contributed by atoms with E-state index in [0.717, 1.165) is 22.4 Å². The summed E-state index contributed by atoms with van der Waals surface area (Å²) in [6.07, 6.45) is 4.03. The van der Waals surface area contributed by atoms with E-state index in [4.69, 9.17) is 4.74 Å². The van der Waals surface area contributed by atoms with Gasteiger partial charge in [-0.1, -0.05) is 66.4 Å². The molecule has 0 heterocycles. The Morgan fingerprint density at radius 3 is 2.52 bits per heavy atom. The van der Waals surface area contributed by atoms with Crippen LogP contribution in [0.15, 0.2) is 54.6 Å². The Morgan fingerprint density at radius 2 is 1.86 bits per heavy atom. The van der Waals surface area contributed by atoms with Gasteiger partial charge in [0.05, 0.1) is 7.11 Å². The monoisotopic (exact) mass is 298 g/mol. The van der Waals surface area contributed by atoms with Gasteiger partial charge in [-0.05, 0) is 17.2 Å². The molecule has 0 saturated carbocycles. The van der Waals surface area contributed by atoms with Crippen molar-refractivity contribution in [3.05, 3.63) is 60.2 Å². The molecule has 2 nitrogen and oxygen atoms in total. The smallest absolute Gasteiger partial charge is 0.186 e. The maximum absolute atomic E-state index is 10.8. The zero-order chi connectivity index (χ0) is 15.1. The highest BCUT2D eigenvalue weighted by molar-refractivity contribution is 8.13. The minimum atomic E-state index is 0.145. The molecule has 21 heavy (non-hydrogen) atoms.